The number of aliphatic carboxylic acids is 1. The molecular weight excluding hydrogens is 316 g/mol. The van der Waals surface area contributed by atoms with E-state index in [1.807, 2.05) is 19.1 Å². The summed E-state index contributed by atoms with van der Waals surface area (Å²) in [6.07, 6.45) is 3.41. The molecule has 0 radical (unpaired) electrons. The second-order valence-electron chi connectivity index (χ2n) is 5.86. The van der Waals surface area contributed by atoms with E-state index in [0.29, 0.717) is 17.1 Å². The lowest BCUT2D eigenvalue weighted by atomic mass is 9.89. The molecule has 5 nitrogen and oxygen atoms in total. The molecule has 1 aromatic heterocycles. The highest BCUT2D eigenvalue weighted by atomic mass is 35.5. The Labute approximate surface area is 138 Å². The fraction of sp³-hybridized carbons (Fsp3) is 0.294. The highest BCUT2D eigenvalue weighted by molar-refractivity contribution is 6.30. The summed E-state index contributed by atoms with van der Waals surface area (Å²) in [6, 6.07) is 7.16. The van der Waals surface area contributed by atoms with Crippen molar-refractivity contribution < 1.29 is 14.7 Å². The number of benzene rings is 1. The second kappa shape index (κ2) is 6.08. The van der Waals surface area contributed by atoms with E-state index in [1.54, 1.807) is 29.4 Å². The predicted molar refractivity (Wildman–Crippen MR) is 86.8 cm³/mol. The highest BCUT2D eigenvalue weighted by Crippen LogP contribution is 2.34. The molecule has 2 atom stereocenters. The Morgan fingerprint density at radius 2 is 1.91 bits per heavy atom. The van der Waals surface area contributed by atoms with Crippen LogP contribution in [0.4, 0.5) is 0 Å². The molecule has 6 heteroatoms. The van der Waals surface area contributed by atoms with E-state index in [0.717, 1.165) is 11.1 Å². The standard InChI is InChI=1S/C17H17ClN2O3/c1-10-6-19-7-13(10)16(21)20-8-14(15(9-20)17(22)23)11-2-4-12(18)5-3-11/h2-7,14-15,19H,8-9H2,1H3,(H,22,23)/t14-,15+/m0/s1. The molecule has 3 rings (SSSR count). The van der Waals surface area contributed by atoms with Gasteiger partial charge >= 0.3 is 5.97 Å². The number of halogens is 1. The van der Waals surface area contributed by atoms with Gasteiger partial charge in [0.15, 0.2) is 0 Å². The van der Waals surface area contributed by atoms with Gasteiger partial charge in [0.05, 0.1) is 11.5 Å². The number of likely N-dealkylation sites (tertiary alicyclic amines) is 1. The SMILES string of the molecule is Cc1c[nH]cc1C(=O)N1C[C@@H](C(=O)O)[C@H](c2ccc(Cl)cc2)C1. The van der Waals surface area contributed by atoms with E-state index < -0.39 is 11.9 Å². The molecule has 0 spiro atoms. The van der Waals surface area contributed by atoms with Gasteiger partial charge in [-0.15, -0.1) is 0 Å². The molecule has 1 fully saturated rings. The van der Waals surface area contributed by atoms with Crippen LogP contribution >= 0.6 is 11.6 Å². The van der Waals surface area contributed by atoms with Crippen LogP contribution < -0.4 is 0 Å². The number of aromatic nitrogens is 1. The van der Waals surface area contributed by atoms with Crippen molar-refractivity contribution in [2.75, 3.05) is 13.1 Å². The first kappa shape index (κ1) is 15.6. The summed E-state index contributed by atoms with van der Waals surface area (Å²) in [5.41, 5.74) is 2.34. The van der Waals surface area contributed by atoms with Crippen LogP contribution in [0.25, 0.3) is 0 Å². The average molecular weight is 333 g/mol. The van der Waals surface area contributed by atoms with Crippen molar-refractivity contribution in [1.29, 1.82) is 0 Å². The van der Waals surface area contributed by atoms with Crippen molar-refractivity contribution in [3.05, 3.63) is 58.4 Å². The average Bonchev–Trinajstić information content (AvgIpc) is 3.14. The number of carbonyl (C=O) groups is 2. The van der Waals surface area contributed by atoms with Gasteiger partial charge in [-0.05, 0) is 30.2 Å². The molecule has 2 aromatic rings. The molecule has 1 aliphatic rings. The highest BCUT2D eigenvalue weighted by Gasteiger charge is 2.40. The van der Waals surface area contributed by atoms with Gasteiger partial charge in [-0.25, -0.2) is 0 Å². The van der Waals surface area contributed by atoms with Crippen LogP contribution in [-0.4, -0.2) is 40.0 Å². The molecule has 1 amide bonds. The monoisotopic (exact) mass is 332 g/mol. The Hall–Kier alpha value is -2.27. The number of H-pyrrole nitrogens is 1. The van der Waals surface area contributed by atoms with Crippen molar-refractivity contribution in [3.8, 4) is 0 Å². The predicted octanol–water partition coefficient (Wildman–Crippen LogP) is 2.92. The zero-order valence-corrected chi connectivity index (χ0v) is 13.4. The third-order valence-corrected chi connectivity index (χ3v) is 4.66. The number of nitrogens with one attached hydrogen (secondary N) is 1. The van der Waals surface area contributed by atoms with Crippen LogP contribution in [0.1, 0.15) is 27.4 Å². The fourth-order valence-electron chi connectivity index (χ4n) is 3.11. The lowest BCUT2D eigenvalue weighted by Crippen LogP contribution is -2.30. The van der Waals surface area contributed by atoms with Crippen molar-refractivity contribution >= 4 is 23.5 Å². The van der Waals surface area contributed by atoms with E-state index in [9.17, 15) is 14.7 Å². The number of carboxylic acid groups (broad SMARTS) is 1. The lowest BCUT2D eigenvalue weighted by molar-refractivity contribution is -0.141. The van der Waals surface area contributed by atoms with Crippen LogP contribution in [0, 0.1) is 12.8 Å². The van der Waals surface area contributed by atoms with E-state index in [2.05, 4.69) is 4.98 Å². The van der Waals surface area contributed by atoms with Crippen molar-refractivity contribution in [2.24, 2.45) is 5.92 Å². The number of amides is 1. The van der Waals surface area contributed by atoms with Gasteiger partial charge in [0.2, 0.25) is 0 Å². The van der Waals surface area contributed by atoms with Crippen molar-refractivity contribution in [1.82, 2.24) is 9.88 Å². The molecule has 0 unspecified atom stereocenters. The van der Waals surface area contributed by atoms with Crippen LogP contribution in [0.5, 0.6) is 0 Å². The molecule has 23 heavy (non-hydrogen) atoms. The zero-order valence-electron chi connectivity index (χ0n) is 12.6. The second-order valence-corrected chi connectivity index (χ2v) is 6.30. The van der Waals surface area contributed by atoms with Crippen LogP contribution in [0.15, 0.2) is 36.7 Å². The van der Waals surface area contributed by atoms with Crippen LogP contribution in [-0.2, 0) is 4.79 Å². The summed E-state index contributed by atoms with van der Waals surface area (Å²) >= 11 is 5.90. The fourth-order valence-corrected chi connectivity index (χ4v) is 3.24. The van der Waals surface area contributed by atoms with Gasteiger partial charge in [0.1, 0.15) is 0 Å². The van der Waals surface area contributed by atoms with Gasteiger partial charge in [-0.2, -0.15) is 0 Å². The van der Waals surface area contributed by atoms with Crippen LogP contribution in [0.2, 0.25) is 5.02 Å². The number of rotatable bonds is 3. The number of hydrogen-bond acceptors (Lipinski definition) is 2. The molecule has 2 N–H and O–H groups in total. The number of aromatic amines is 1. The number of carboxylic acids is 1. The first-order valence-electron chi connectivity index (χ1n) is 7.38. The summed E-state index contributed by atoms with van der Waals surface area (Å²) in [7, 11) is 0. The Morgan fingerprint density at radius 1 is 1.22 bits per heavy atom. The molecule has 1 aliphatic heterocycles. The first-order chi connectivity index (χ1) is 11.0. The van der Waals surface area contributed by atoms with Gasteiger partial charge in [-0.1, -0.05) is 23.7 Å². The Kier molecular flexibility index (Phi) is 4.13. The molecule has 120 valence electrons. The minimum absolute atomic E-state index is 0.133. The van der Waals surface area contributed by atoms with E-state index in [-0.39, 0.29) is 18.4 Å². The molecule has 0 saturated carbocycles. The Balaban J connectivity index is 1.86. The molecule has 1 saturated heterocycles. The lowest BCUT2D eigenvalue weighted by Gasteiger charge is -2.16. The van der Waals surface area contributed by atoms with Crippen LogP contribution in [0.3, 0.4) is 0 Å². The molecule has 1 aromatic carbocycles. The molecule has 0 aliphatic carbocycles. The van der Waals surface area contributed by atoms with Gasteiger partial charge in [0, 0.05) is 36.4 Å². The number of aryl methyl sites for hydroxylation is 1. The Bertz CT molecular complexity index is 739. The van der Waals surface area contributed by atoms with E-state index in [1.165, 1.54) is 0 Å². The Morgan fingerprint density at radius 3 is 2.48 bits per heavy atom. The summed E-state index contributed by atoms with van der Waals surface area (Å²) in [5, 5.41) is 10.1. The number of carbonyl (C=O) groups excluding carboxylic acids is 1. The number of nitrogens with zero attached hydrogens (tertiary/aromatic N) is 1. The maximum atomic E-state index is 12.6. The van der Waals surface area contributed by atoms with Gasteiger partial charge in [-0.3, -0.25) is 9.59 Å². The molecular formula is C17H17ClN2O3. The summed E-state index contributed by atoms with van der Waals surface area (Å²) in [6.45, 7) is 2.46. The van der Waals surface area contributed by atoms with E-state index in [4.69, 9.17) is 11.6 Å². The molecule has 2 heterocycles. The summed E-state index contributed by atoms with van der Waals surface area (Å²) < 4.78 is 0. The quantitative estimate of drug-likeness (QED) is 0.907. The number of hydrogen-bond donors (Lipinski definition) is 2. The topological polar surface area (TPSA) is 73.4 Å². The zero-order chi connectivity index (χ0) is 16.6. The van der Waals surface area contributed by atoms with Gasteiger partial charge < -0.3 is 15.0 Å². The minimum atomic E-state index is -0.883. The van der Waals surface area contributed by atoms with E-state index >= 15 is 0 Å². The smallest absolute Gasteiger partial charge is 0.308 e. The summed E-state index contributed by atoms with van der Waals surface area (Å²) in [4.78, 5) is 28.7. The summed E-state index contributed by atoms with van der Waals surface area (Å²) in [5.74, 6) is -1.86. The third-order valence-electron chi connectivity index (χ3n) is 4.41. The van der Waals surface area contributed by atoms with Gasteiger partial charge in [0.25, 0.3) is 5.91 Å². The molecule has 0 bridgehead atoms. The first-order valence-corrected chi connectivity index (χ1v) is 7.76. The third kappa shape index (κ3) is 2.97. The van der Waals surface area contributed by atoms with Crippen molar-refractivity contribution in [3.63, 3.8) is 0 Å². The minimum Gasteiger partial charge on any atom is -0.481 e. The maximum Gasteiger partial charge on any atom is 0.308 e. The maximum absolute atomic E-state index is 12.6. The largest absolute Gasteiger partial charge is 0.481 e. The van der Waals surface area contributed by atoms with Crippen molar-refractivity contribution in [2.45, 2.75) is 12.8 Å². The normalized spacial score (nSPS) is 20.7.